The molecule has 0 bridgehead atoms. The van der Waals surface area contributed by atoms with E-state index in [1.165, 1.54) is 25.7 Å². The Bertz CT molecular complexity index is 261. The topological polar surface area (TPSA) is 52.6 Å². The fraction of sp³-hybridized carbons (Fsp3) is 0.714. The van der Waals surface area contributed by atoms with Gasteiger partial charge in [-0.05, 0) is 19.8 Å². The van der Waals surface area contributed by atoms with Crippen LogP contribution in [-0.2, 0) is 19.1 Å². The second kappa shape index (κ2) is 10.8. The lowest BCUT2D eigenvalue weighted by molar-refractivity contribution is -0.159. The summed E-state index contributed by atoms with van der Waals surface area (Å²) in [6.07, 6.45) is 7.68. The van der Waals surface area contributed by atoms with E-state index in [4.69, 9.17) is 4.74 Å². The highest BCUT2D eigenvalue weighted by Gasteiger charge is 2.10. The van der Waals surface area contributed by atoms with Gasteiger partial charge in [-0.3, -0.25) is 0 Å². The Morgan fingerprint density at radius 3 is 2.50 bits per heavy atom. The van der Waals surface area contributed by atoms with Crippen molar-refractivity contribution in [3.8, 4) is 0 Å². The fourth-order valence-electron chi connectivity index (χ4n) is 1.54. The van der Waals surface area contributed by atoms with Gasteiger partial charge in [0.25, 0.3) is 0 Å². The molecule has 4 nitrogen and oxygen atoms in total. The van der Waals surface area contributed by atoms with Crippen LogP contribution < -0.4 is 0 Å². The van der Waals surface area contributed by atoms with Gasteiger partial charge in [0.15, 0.2) is 6.61 Å². The summed E-state index contributed by atoms with van der Waals surface area (Å²) in [5.74, 6) is -1.12. The molecule has 1 atom stereocenters. The molecule has 18 heavy (non-hydrogen) atoms. The van der Waals surface area contributed by atoms with Crippen LogP contribution in [0, 0.1) is 0 Å². The normalized spacial score (nSPS) is 11.7. The molecule has 0 aliphatic rings. The molecule has 0 fully saturated rings. The average molecular weight is 256 g/mol. The number of rotatable bonds is 10. The molecule has 0 saturated carbocycles. The zero-order chi connectivity index (χ0) is 13.8. The Labute approximate surface area is 109 Å². The Balaban J connectivity index is 3.54. The second-order valence-electron chi connectivity index (χ2n) is 4.32. The van der Waals surface area contributed by atoms with Crippen molar-refractivity contribution in [1.29, 1.82) is 0 Å². The quantitative estimate of drug-likeness (QED) is 0.342. The maximum absolute atomic E-state index is 11.3. The lowest BCUT2D eigenvalue weighted by atomic mass is 10.1. The van der Waals surface area contributed by atoms with E-state index >= 15 is 0 Å². The maximum atomic E-state index is 11.3. The third kappa shape index (κ3) is 9.87. The molecule has 0 amide bonds. The minimum Gasteiger partial charge on any atom is -0.460 e. The summed E-state index contributed by atoms with van der Waals surface area (Å²) in [6.45, 7) is 6.93. The monoisotopic (exact) mass is 256 g/mol. The van der Waals surface area contributed by atoms with Gasteiger partial charge in [0.1, 0.15) is 0 Å². The molecule has 0 spiro atoms. The van der Waals surface area contributed by atoms with Gasteiger partial charge in [0.2, 0.25) is 0 Å². The van der Waals surface area contributed by atoms with Crippen LogP contribution in [0.4, 0.5) is 0 Å². The van der Waals surface area contributed by atoms with Crippen molar-refractivity contribution in [2.24, 2.45) is 0 Å². The molecular formula is C14H24O4. The predicted octanol–water partition coefficient (Wildman–Crippen LogP) is 3.01. The van der Waals surface area contributed by atoms with Gasteiger partial charge >= 0.3 is 11.9 Å². The van der Waals surface area contributed by atoms with Crippen LogP contribution in [0.5, 0.6) is 0 Å². The predicted molar refractivity (Wildman–Crippen MR) is 70.1 cm³/mol. The van der Waals surface area contributed by atoms with E-state index in [1.807, 2.05) is 6.92 Å². The molecule has 104 valence electrons. The van der Waals surface area contributed by atoms with E-state index in [0.717, 1.165) is 18.9 Å². The molecule has 0 aromatic rings. The van der Waals surface area contributed by atoms with Gasteiger partial charge < -0.3 is 9.47 Å². The van der Waals surface area contributed by atoms with Crippen molar-refractivity contribution in [2.45, 2.75) is 58.5 Å². The summed E-state index contributed by atoms with van der Waals surface area (Å²) in [7, 11) is 0. The Kier molecular flexibility index (Phi) is 10.0. The molecule has 1 unspecified atom stereocenters. The molecule has 0 aromatic heterocycles. The maximum Gasteiger partial charge on any atom is 0.344 e. The van der Waals surface area contributed by atoms with E-state index in [0.29, 0.717) is 0 Å². The van der Waals surface area contributed by atoms with Gasteiger partial charge in [-0.15, -0.1) is 0 Å². The molecule has 4 heteroatoms. The Hall–Kier alpha value is -1.32. The number of carbonyl (C=O) groups is 2. The van der Waals surface area contributed by atoms with E-state index in [2.05, 4.69) is 18.2 Å². The minimum absolute atomic E-state index is 0.124. The zero-order valence-corrected chi connectivity index (χ0v) is 11.4. The number of hydrogen-bond donors (Lipinski definition) is 0. The van der Waals surface area contributed by atoms with Crippen molar-refractivity contribution in [1.82, 2.24) is 0 Å². The Morgan fingerprint density at radius 2 is 1.89 bits per heavy atom. The van der Waals surface area contributed by atoms with Crippen LogP contribution in [0.2, 0.25) is 0 Å². The molecule has 0 N–H and O–H groups in total. The van der Waals surface area contributed by atoms with Gasteiger partial charge in [0.05, 0.1) is 6.10 Å². The van der Waals surface area contributed by atoms with Crippen molar-refractivity contribution in [3.63, 3.8) is 0 Å². The summed E-state index contributed by atoms with van der Waals surface area (Å²) in [5, 5.41) is 0. The summed E-state index contributed by atoms with van der Waals surface area (Å²) in [6, 6.07) is 0. The summed E-state index contributed by atoms with van der Waals surface area (Å²) < 4.78 is 9.68. The molecule has 0 aromatic carbocycles. The SMILES string of the molecule is C=CC(=O)OCC(=O)OC(C)CCCCCCC. The molecule has 0 radical (unpaired) electrons. The third-order valence-corrected chi connectivity index (χ3v) is 2.55. The molecule has 0 aliphatic heterocycles. The molecule has 0 saturated heterocycles. The molecule has 0 heterocycles. The second-order valence-corrected chi connectivity index (χ2v) is 4.32. The van der Waals surface area contributed by atoms with Crippen LogP contribution in [0.15, 0.2) is 12.7 Å². The number of hydrogen-bond acceptors (Lipinski definition) is 4. The number of carbonyl (C=O) groups excluding carboxylic acids is 2. The minimum atomic E-state index is -0.612. The first kappa shape index (κ1) is 16.7. The largest absolute Gasteiger partial charge is 0.460 e. The first-order chi connectivity index (χ1) is 8.60. The van der Waals surface area contributed by atoms with Crippen molar-refractivity contribution in [2.75, 3.05) is 6.61 Å². The average Bonchev–Trinajstić information content (AvgIpc) is 2.35. The van der Waals surface area contributed by atoms with Crippen LogP contribution in [0.1, 0.15) is 52.4 Å². The number of ether oxygens (including phenoxy) is 2. The van der Waals surface area contributed by atoms with E-state index in [9.17, 15) is 9.59 Å². The zero-order valence-electron chi connectivity index (χ0n) is 11.4. The highest BCUT2D eigenvalue weighted by atomic mass is 16.6. The summed E-state index contributed by atoms with van der Waals surface area (Å²) in [4.78, 5) is 22.0. The first-order valence-electron chi connectivity index (χ1n) is 6.58. The van der Waals surface area contributed by atoms with Crippen molar-refractivity contribution >= 4 is 11.9 Å². The van der Waals surface area contributed by atoms with E-state index in [-0.39, 0.29) is 12.7 Å². The lowest BCUT2D eigenvalue weighted by Gasteiger charge is -2.12. The summed E-state index contributed by atoms with van der Waals surface area (Å²) in [5.41, 5.74) is 0. The van der Waals surface area contributed by atoms with Gasteiger partial charge in [0, 0.05) is 6.08 Å². The highest BCUT2D eigenvalue weighted by Crippen LogP contribution is 2.09. The van der Waals surface area contributed by atoms with Crippen LogP contribution in [-0.4, -0.2) is 24.6 Å². The number of unbranched alkanes of at least 4 members (excludes halogenated alkanes) is 4. The van der Waals surface area contributed by atoms with Crippen LogP contribution >= 0.6 is 0 Å². The van der Waals surface area contributed by atoms with Crippen molar-refractivity contribution < 1.29 is 19.1 Å². The lowest BCUT2D eigenvalue weighted by Crippen LogP contribution is -2.20. The van der Waals surface area contributed by atoms with Gasteiger partial charge in [-0.1, -0.05) is 39.2 Å². The molecular weight excluding hydrogens is 232 g/mol. The highest BCUT2D eigenvalue weighted by molar-refractivity contribution is 5.83. The van der Waals surface area contributed by atoms with Crippen LogP contribution in [0.25, 0.3) is 0 Å². The Morgan fingerprint density at radius 1 is 1.22 bits per heavy atom. The fourth-order valence-corrected chi connectivity index (χ4v) is 1.54. The number of esters is 2. The van der Waals surface area contributed by atoms with E-state index in [1.54, 1.807) is 0 Å². The van der Waals surface area contributed by atoms with Crippen molar-refractivity contribution in [3.05, 3.63) is 12.7 Å². The smallest absolute Gasteiger partial charge is 0.344 e. The first-order valence-corrected chi connectivity index (χ1v) is 6.58. The third-order valence-electron chi connectivity index (χ3n) is 2.55. The summed E-state index contributed by atoms with van der Waals surface area (Å²) >= 11 is 0. The molecule has 0 aliphatic carbocycles. The molecule has 0 rings (SSSR count). The van der Waals surface area contributed by atoms with E-state index < -0.39 is 11.9 Å². The van der Waals surface area contributed by atoms with Gasteiger partial charge in [-0.2, -0.15) is 0 Å². The standard InChI is InChI=1S/C14H24O4/c1-4-6-7-8-9-10-12(3)18-14(16)11-17-13(15)5-2/h5,12H,2,4,6-11H2,1,3H3. The van der Waals surface area contributed by atoms with Gasteiger partial charge in [-0.25, -0.2) is 9.59 Å². The van der Waals surface area contributed by atoms with Crippen LogP contribution in [0.3, 0.4) is 0 Å².